The van der Waals surface area contributed by atoms with Crippen LogP contribution in [0.15, 0.2) is 0 Å². The standard InChI is InChI=1S/C14H28N2O4/c1-5-11(6-2)16(7-8-17)14(20)15-12(13(18)19)9-10(3)4/h10-12,17H,5-9H2,1-4H3,(H,15,20)(H,18,19)/t12-/m0/s1. The van der Waals surface area contributed by atoms with Gasteiger partial charge in [0, 0.05) is 12.6 Å². The summed E-state index contributed by atoms with van der Waals surface area (Å²) in [6.45, 7) is 7.84. The number of carboxylic acid groups (broad SMARTS) is 1. The van der Waals surface area contributed by atoms with Gasteiger partial charge >= 0.3 is 12.0 Å². The third kappa shape index (κ3) is 6.23. The number of nitrogens with one attached hydrogen (secondary N) is 1. The largest absolute Gasteiger partial charge is 0.480 e. The molecule has 0 rings (SSSR count). The van der Waals surface area contributed by atoms with Crippen LogP contribution in [0.4, 0.5) is 4.79 Å². The molecule has 0 unspecified atom stereocenters. The van der Waals surface area contributed by atoms with E-state index in [2.05, 4.69) is 5.32 Å². The van der Waals surface area contributed by atoms with E-state index in [0.717, 1.165) is 12.8 Å². The van der Waals surface area contributed by atoms with Crippen LogP contribution < -0.4 is 5.32 Å². The average Bonchev–Trinajstić information content (AvgIpc) is 2.37. The smallest absolute Gasteiger partial charge is 0.326 e. The summed E-state index contributed by atoms with van der Waals surface area (Å²) in [6, 6.07) is -1.30. The van der Waals surface area contributed by atoms with Crippen LogP contribution >= 0.6 is 0 Å². The van der Waals surface area contributed by atoms with Crippen molar-refractivity contribution in [1.29, 1.82) is 0 Å². The molecule has 20 heavy (non-hydrogen) atoms. The second kappa shape index (κ2) is 9.58. The Hall–Kier alpha value is -1.30. The predicted molar refractivity (Wildman–Crippen MR) is 77.6 cm³/mol. The first-order chi connectivity index (χ1) is 9.37. The van der Waals surface area contributed by atoms with Gasteiger partial charge in [0.05, 0.1) is 6.61 Å². The molecule has 0 aromatic carbocycles. The molecule has 3 N–H and O–H groups in total. The molecule has 0 fully saturated rings. The maximum absolute atomic E-state index is 12.2. The number of aliphatic hydroxyl groups is 1. The van der Waals surface area contributed by atoms with E-state index >= 15 is 0 Å². The summed E-state index contributed by atoms with van der Waals surface area (Å²) in [5.41, 5.74) is 0. The zero-order chi connectivity index (χ0) is 15.7. The fraction of sp³-hybridized carbons (Fsp3) is 0.857. The average molecular weight is 288 g/mol. The number of hydrogen-bond acceptors (Lipinski definition) is 3. The van der Waals surface area contributed by atoms with Gasteiger partial charge in [-0.3, -0.25) is 0 Å². The van der Waals surface area contributed by atoms with Gasteiger partial charge in [-0.2, -0.15) is 0 Å². The van der Waals surface area contributed by atoms with Crippen molar-refractivity contribution in [2.24, 2.45) is 5.92 Å². The number of hydrogen-bond donors (Lipinski definition) is 3. The van der Waals surface area contributed by atoms with E-state index in [-0.39, 0.29) is 25.1 Å². The summed E-state index contributed by atoms with van der Waals surface area (Å²) in [5.74, 6) is -0.851. The predicted octanol–water partition coefficient (Wildman–Crippen LogP) is 1.68. The molecule has 0 saturated heterocycles. The van der Waals surface area contributed by atoms with Crippen molar-refractivity contribution >= 4 is 12.0 Å². The Labute approximate surface area is 121 Å². The minimum absolute atomic E-state index is 0.00986. The van der Waals surface area contributed by atoms with Crippen LogP contribution in [0.2, 0.25) is 0 Å². The Balaban J connectivity index is 4.82. The number of rotatable bonds is 9. The lowest BCUT2D eigenvalue weighted by molar-refractivity contribution is -0.139. The van der Waals surface area contributed by atoms with Crippen LogP contribution in [0.25, 0.3) is 0 Å². The van der Waals surface area contributed by atoms with E-state index in [1.807, 2.05) is 27.7 Å². The van der Waals surface area contributed by atoms with Gasteiger partial charge in [0.25, 0.3) is 0 Å². The highest BCUT2D eigenvalue weighted by Gasteiger charge is 2.26. The highest BCUT2D eigenvalue weighted by atomic mass is 16.4. The number of aliphatic hydroxyl groups excluding tert-OH is 1. The SMILES string of the molecule is CCC(CC)N(CCO)C(=O)N[C@@H](CC(C)C)C(=O)O. The maximum atomic E-state index is 12.2. The highest BCUT2D eigenvalue weighted by molar-refractivity contribution is 5.82. The minimum atomic E-state index is -1.03. The summed E-state index contributed by atoms with van der Waals surface area (Å²) in [4.78, 5) is 24.9. The fourth-order valence-electron chi connectivity index (χ4n) is 2.21. The molecule has 0 spiro atoms. The van der Waals surface area contributed by atoms with Crippen LogP contribution in [0.1, 0.15) is 47.0 Å². The molecule has 0 saturated carbocycles. The molecule has 0 aliphatic heterocycles. The zero-order valence-corrected chi connectivity index (χ0v) is 12.9. The Bertz CT molecular complexity index is 304. The molecule has 0 bridgehead atoms. The van der Waals surface area contributed by atoms with E-state index in [0.29, 0.717) is 6.42 Å². The van der Waals surface area contributed by atoms with Crippen molar-refractivity contribution in [3.8, 4) is 0 Å². The Morgan fingerprint density at radius 1 is 1.20 bits per heavy atom. The van der Waals surface area contributed by atoms with Crippen LogP contribution in [-0.4, -0.2) is 52.3 Å². The number of aliphatic carboxylic acids is 1. The van der Waals surface area contributed by atoms with Crippen molar-refractivity contribution < 1.29 is 19.8 Å². The molecule has 6 heteroatoms. The zero-order valence-electron chi connectivity index (χ0n) is 12.9. The Morgan fingerprint density at radius 2 is 1.75 bits per heavy atom. The monoisotopic (exact) mass is 288 g/mol. The topological polar surface area (TPSA) is 89.9 Å². The van der Waals surface area contributed by atoms with Gasteiger partial charge in [-0.05, 0) is 25.2 Å². The van der Waals surface area contributed by atoms with Gasteiger partial charge in [-0.25, -0.2) is 9.59 Å². The molecule has 6 nitrogen and oxygen atoms in total. The van der Waals surface area contributed by atoms with E-state index in [9.17, 15) is 9.59 Å². The number of carboxylic acids is 1. The van der Waals surface area contributed by atoms with Crippen LogP contribution in [0.3, 0.4) is 0 Å². The molecule has 0 aromatic heterocycles. The summed E-state index contributed by atoms with van der Waals surface area (Å²) >= 11 is 0. The third-order valence-electron chi connectivity index (χ3n) is 3.29. The highest BCUT2D eigenvalue weighted by Crippen LogP contribution is 2.10. The fourth-order valence-corrected chi connectivity index (χ4v) is 2.21. The van der Waals surface area contributed by atoms with E-state index < -0.39 is 18.0 Å². The molecule has 1 atom stereocenters. The summed E-state index contributed by atoms with van der Waals surface area (Å²) in [7, 11) is 0. The van der Waals surface area contributed by atoms with Gasteiger partial charge < -0.3 is 20.4 Å². The van der Waals surface area contributed by atoms with Gasteiger partial charge in [-0.15, -0.1) is 0 Å². The quantitative estimate of drug-likeness (QED) is 0.602. The van der Waals surface area contributed by atoms with Crippen molar-refractivity contribution in [2.45, 2.75) is 59.0 Å². The molecule has 2 amide bonds. The van der Waals surface area contributed by atoms with Gasteiger partial charge in [-0.1, -0.05) is 27.7 Å². The molecule has 0 heterocycles. The number of carbonyl (C=O) groups excluding carboxylic acids is 1. The molecule has 0 aliphatic rings. The molecule has 0 aromatic rings. The summed E-state index contributed by atoms with van der Waals surface area (Å²) in [5, 5.41) is 20.8. The van der Waals surface area contributed by atoms with Crippen molar-refractivity contribution in [3.05, 3.63) is 0 Å². The molecular formula is C14H28N2O4. The number of amides is 2. The minimum Gasteiger partial charge on any atom is -0.480 e. The van der Waals surface area contributed by atoms with E-state index in [1.165, 1.54) is 4.90 Å². The molecule has 0 aliphatic carbocycles. The molecule has 118 valence electrons. The first kappa shape index (κ1) is 18.7. The van der Waals surface area contributed by atoms with Crippen molar-refractivity contribution in [2.75, 3.05) is 13.2 Å². The maximum Gasteiger partial charge on any atom is 0.326 e. The van der Waals surface area contributed by atoms with E-state index in [4.69, 9.17) is 10.2 Å². The lowest BCUT2D eigenvalue weighted by Gasteiger charge is -2.31. The second-order valence-corrected chi connectivity index (χ2v) is 5.36. The first-order valence-electron chi connectivity index (χ1n) is 7.28. The lowest BCUT2D eigenvalue weighted by Crippen LogP contribution is -2.52. The number of nitrogens with zero attached hydrogens (tertiary/aromatic N) is 1. The van der Waals surface area contributed by atoms with Crippen LogP contribution in [-0.2, 0) is 4.79 Å². The van der Waals surface area contributed by atoms with Crippen LogP contribution in [0, 0.1) is 5.92 Å². The Kier molecular flexibility index (Phi) is 8.96. The Morgan fingerprint density at radius 3 is 2.10 bits per heavy atom. The van der Waals surface area contributed by atoms with E-state index in [1.54, 1.807) is 0 Å². The second-order valence-electron chi connectivity index (χ2n) is 5.36. The van der Waals surface area contributed by atoms with Gasteiger partial charge in [0.15, 0.2) is 0 Å². The van der Waals surface area contributed by atoms with Gasteiger partial charge in [0.1, 0.15) is 6.04 Å². The van der Waals surface area contributed by atoms with Crippen LogP contribution in [0.5, 0.6) is 0 Å². The molecular weight excluding hydrogens is 260 g/mol. The molecule has 0 radical (unpaired) electrons. The third-order valence-corrected chi connectivity index (χ3v) is 3.29. The normalized spacial score (nSPS) is 12.6. The van der Waals surface area contributed by atoms with Crippen molar-refractivity contribution in [3.63, 3.8) is 0 Å². The number of carbonyl (C=O) groups is 2. The van der Waals surface area contributed by atoms with Crippen molar-refractivity contribution in [1.82, 2.24) is 10.2 Å². The number of urea groups is 1. The summed E-state index contributed by atoms with van der Waals surface area (Å²) in [6.07, 6.45) is 1.93. The summed E-state index contributed by atoms with van der Waals surface area (Å²) < 4.78 is 0. The van der Waals surface area contributed by atoms with Gasteiger partial charge in [0.2, 0.25) is 0 Å². The first-order valence-corrected chi connectivity index (χ1v) is 7.28. The lowest BCUT2D eigenvalue weighted by atomic mass is 10.0.